The van der Waals surface area contributed by atoms with Crippen LogP contribution < -0.4 is 4.74 Å². The van der Waals surface area contributed by atoms with Crippen molar-refractivity contribution in [3.63, 3.8) is 0 Å². The van der Waals surface area contributed by atoms with Gasteiger partial charge in [-0.3, -0.25) is 9.78 Å². The van der Waals surface area contributed by atoms with E-state index in [-0.39, 0.29) is 11.8 Å². The maximum atomic E-state index is 13.5. The number of imidazole rings is 1. The van der Waals surface area contributed by atoms with E-state index in [1.807, 2.05) is 73.5 Å². The van der Waals surface area contributed by atoms with Gasteiger partial charge in [-0.25, -0.2) is 9.97 Å². The van der Waals surface area contributed by atoms with E-state index in [4.69, 9.17) is 4.74 Å². The summed E-state index contributed by atoms with van der Waals surface area (Å²) in [7, 11) is 0. The molecule has 1 saturated heterocycles. The van der Waals surface area contributed by atoms with Gasteiger partial charge in [-0.1, -0.05) is 24.3 Å². The van der Waals surface area contributed by atoms with Crippen molar-refractivity contribution in [3.05, 3.63) is 102 Å². The molecule has 178 valence electrons. The van der Waals surface area contributed by atoms with E-state index in [9.17, 15) is 4.79 Å². The van der Waals surface area contributed by atoms with Crippen LogP contribution in [-0.4, -0.2) is 43.4 Å². The number of rotatable bonds is 6. The fourth-order valence-corrected chi connectivity index (χ4v) is 4.62. The van der Waals surface area contributed by atoms with E-state index in [0.29, 0.717) is 24.5 Å². The van der Waals surface area contributed by atoms with Crippen LogP contribution in [0.15, 0.2) is 73.3 Å². The second-order valence-corrected chi connectivity index (χ2v) is 9.06. The third-order valence-electron chi connectivity index (χ3n) is 6.44. The van der Waals surface area contributed by atoms with Gasteiger partial charge >= 0.3 is 0 Å². The molecule has 0 aliphatic carbocycles. The second-order valence-electron chi connectivity index (χ2n) is 9.06. The zero-order valence-corrected chi connectivity index (χ0v) is 20.1. The maximum absolute atomic E-state index is 13.5. The number of hydrogen-bond donors (Lipinski definition) is 0. The smallest absolute Gasteiger partial charge is 0.253 e. The molecule has 0 spiro atoms. The topological polar surface area (TPSA) is 73.1 Å². The molecule has 0 saturated carbocycles. The van der Waals surface area contributed by atoms with Crippen molar-refractivity contribution in [2.45, 2.75) is 39.2 Å². The lowest BCUT2D eigenvalue weighted by Gasteiger charge is -2.33. The largest absolute Gasteiger partial charge is 0.437 e. The Kier molecular flexibility index (Phi) is 6.57. The fourth-order valence-electron chi connectivity index (χ4n) is 4.62. The summed E-state index contributed by atoms with van der Waals surface area (Å²) < 4.78 is 8.19. The van der Waals surface area contributed by atoms with Crippen LogP contribution in [0.3, 0.4) is 0 Å². The molecule has 7 nitrogen and oxygen atoms in total. The Bertz CT molecular complexity index is 1330. The number of piperidine rings is 1. The molecular weight excluding hydrogens is 438 g/mol. The number of aromatic nitrogens is 4. The molecule has 35 heavy (non-hydrogen) atoms. The minimum Gasteiger partial charge on any atom is -0.437 e. The Labute approximate surface area is 205 Å². The van der Waals surface area contributed by atoms with Gasteiger partial charge in [-0.2, -0.15) is 0 Å². The summed E-state index contributed by atoms with van der Waals surface area (Å²) in [4.78, 5) is 28.8. The number of nitrogens with zero attached hydrogens (tertiary/aromatic N) is 5. The van der Waals surface area contributed by atoms with E-state index in [1.165, 1.54) is 0 Å². The number of benzene rings is 2. The lowest BCUT2D eigenvalue weighted by Crippen LogP contribution is -2.39. The Morgan fingerprint density at radius 2 is 1.89 bits per heavy atom. The van der Waals surface area contributed by atoms with Crippen LogP contribution in [-0.2, 0) is 6.54 Å². The highest BCUT2D eigenvalue weighted by Gasteiger charge is 2.29. The highest BCUT2D eigenvalue weighted by Crippen LogP contribution is 2.33. The molecule has 7 heteroatoms. The van der Waals surface area contributed by atoms with E-state index in [2.05, 4.69) is 19.5 Å². The van der Waals surface area contributed by atoms with Crippen LogP contribution in [0.25, 0.3) is 0 Å². The van der Waals surface area contributed by atoms with E-state index in [1.54, 1.807) is 18.6 Å². The summed E-state index contributed by atoms with van der Waals surface area (Å²) >= 11 is 0. The normalized spacial score (nSPS) is 15.7. The van der Waals surface area contributed by atoms with Crippen LogP contribution >= 0.6 is 0 Å². The van der Waals surface area contributed by atoms with Gasteiger partial charge in [0, 0.05) is 55.9 Å². The van der Waals surface area contributed by atoms with Crippen molar-refractivity contribution in [1.29, 1.82) is 0 Å². The van der Waals surface area contributed by atoms with E-state index >= 15 is 0 Å². The fraction of sp³-hybridized carbons (Fsp3) is 0.286. The summed E-state index contributed by atoms with van der Waals surface area (Å²) in [5.41, 5.74) is 3.70. The SMILES string of the molecule is Cc1cccc(Oc2nccnc2C2CCCN(C(=O)c3cccc(Cn4ccnc4C)c3)C2)c1. The van der Waals surface area contributed by atoms with Gasteiger partial charge in [-0.05, 0) is 62.1 Å². The molecule has 1 atom stereocenters. The van der Waals surface area contributed by atoms with Gasteiger partial charge in [0.15, 0.2) is 0 Å². The average molecular weight is 468 g/mol. The Hall–Kier alpha value is -4.00. The number of carbonyl (C=O) groups is 1. The predicted molar refractivity (Wildman–Crippen MR) is 134 cm³/mol. The van der Waals surface area contributed by atoms with Crippen molar-refractivity contribution in [3.8, 4) is 11.6 Å². The zero-order chi connectivity index (χ0) is 24.2. The van der Waals surface area contributed by atoms with Crippen LogP contribution in [0.2, 0.25) is 0 Å². The van der Waals surface area contributed by atoms with Crippen molar-refractivity contribution in [2.24, 2.45) is 0 Å². The Balaban J connectivity index is 1.32. The molecule has 5 rings (SSSR count). The zero-order valence-electron chi connectivity index (χ0n) is 20.1. The molecule has 1 amide bonds. The molecule has 0 N–H and O–H groups in total. The van der Waals surface area contributed by atoms with Gasteiger partial charge < -0.3 is 14.2 Å². The Morgan fingerprint density at radius 3 is 2.71 bits per heavy atom. The molecular formula is C28H29N5O2. The molecule has 4 aromatic rings. The van der Waals surface area contributed by atoms with Gasteiger partial charge in [0.1, 0.15) is 17.3 Å². The summed E-state index contributed by atoms with van der Waals surface area (Å²) in [6.07, 6.45) is 8.93. The van der Waals surface area contributed by atoms with Crippen LogP contribution in [0, 0.1) is 13.8 Å². The van der Waals surface area contributed by atoms with Crippen molar-refractivity contribution < 1.29 is 9.53 Å². The molecule has 1 aliphatic heterocycles. The van der Waals surface area contributed by atoms with Crippen LogP contribution in [0.1, 0.15) is 51.8 Å². The first-order valence-corrected chi connectivity index (χ1v) is 12.0. The summed E-state index contributed by atoms with van der Waals surface area (Å²) in [5, 5.41) is 0. The summed E-state index contributed by atoms with van der Waals surface area (Å²) in [6, 6.07) is 15.8. The summed E-state index contributed by atoms with van der Waals surface area (Å²) in [5.74, 6) is 2.31. The number of aryl methyl sites for hydroxylation is 2. The molecule has 2 aromatic carbocycles. The van der Waals surface area contributed by atoms with Gasteiger partial charge in [0.2, 0.25) is 5.88 Å². The van der Waals surface area contributed by atoms with E-state index in [0.717, 1.165) is 47.8 Å². The van der Waals surface area contributed by atoms with Gasteiger partial charge in [0.25, 0.3) is 5.91 Å². The molecule has 1 aliphatic rings. The lowest BCUT2D eigenvalue weighted by molar-refractivity contribution is 0.0704. The maximum Gasteiger partial charge on any atom is 0.253 e. The minimum absolute atomic E-state index is 0.0453. The first kappa shape index (κ1) is 22.8. The third kappa shape index (κ3) is 5.24. The molecule has 3 heterocycles. The molecule has 2 aromatic heterocycles. The summed E-state index contributed by atoms with van der Waals surface area (Å²) in [6.45, 7) is 6.02. The first-order valence-electron chi connectivity index (χ1n) is 12.0. The molecule has 0 bridgehead atoms. The van der Waals surface area contributed by atoms with Crippen molar-refractivity contribution >= 4 is 5.91 Å². The number of ether oxygens (including phenoxy) is 1. The number of carbonyl (C=O) groups excluding carboxylic acids is 1. The highest BCUT2D eigenvalue weighted by atomic mass is 16.5. The predicted octanol–water partition coefficient (Wildman–Crippen LogP) is 5.15. The first-order chi connectivity index (χ1) is 17.1. The molecule has 1 unspecified atom stereocenters. The van der Waals surface area contributed by atoms with E-state index < -0.39 is 0 Å². The quantitative estimate of drug-likeness (QED) is 0.392. The Morgan fingerprint density at radius 1 is 1.03 bits per heavy atom. The molecule has 0 radical (unpaired) electrons. The monoisotopic (exact) mass is 467 g/mol. The minimum atomic E-state index is 0.0453. The van der Waals surface area contributed by atoms with Crippen LogP contribution in [0.5, 0.6) is 11.6 Å². The van der Waals surface area contributed by atoms with Crippen molar-refractivity contribution in [2.75, 3.05) is 13.1 Å². The third-order valence-corrected chi connectivity index (χ3v) is 6.44. The van der Waals surface area contributed by atoms with Crippen LogP contribution in [0.4, 0.5) is 0 Å². The molecule has 1 fully saturated rings. The number of amides is 1. The second kappa shape index (κ2) is 10.1. The van der Waals surface area contributed by atoms with Gasteiger partial charge in [-0.15, -0.1) is 0 Å². The number of hydrogen-bond acceptors (Lipinski definition) is 5. The highest BCUT2D eigenvalue weighted by molar-refractivity contribution is 5.94. The lowest BCUT2D eigenvalue weighted by atomic mass is 9.94. The van der Waals surface area contributed by atoms with Gasteiger partial charge in [0.05, 0.1) is 0 Å². The van der Waals surface area contributed by atoms with Crippen molar-refractivity contribution in [1.82, 2.24) is 24.4 Å². The standard InChI is InChI=1S/C28H29N5O2/c1-20-6-3-10-25(16-20)35-27-26(30-11-12-31-27)24-9-5-14-33(19-24)28(34)23-8-4-7-22(17-23)18-32-15-13-29-21(32)2/h3-4,6-8,10-13,15-17,24H,5,9,14,18-19H2,1-2H3. The average Bonchev–Trinajstić information content (AvgIpc) is 3.28. The number of likely N-dealkylation sites (tertiary alicyclic amines) is 1.